The van der Waals surface area contributed by atoms with Crippen LogP contribution in [-0.2, 0) is 4.79 Å². The summed E-state index contributed by atoms with van der Waals surface area (Å²) in [6.45, 7) is 1.39. The van der Waals surface area contributed by atoms with Crippen LogP contribution < -0.4 is 9.47 Å². The third-order valence-corrected chi connectivity index (χ3v) is 4.80. The van der Waals surface area contributed by atoms with E-state index in [0.29, 0.717) is 5.75 Å². The van der Waals surface area contributed by atoms with Gasteiger partial charge >= 0.3 is 5.97 Å². The fourth-order valence-electron chi connectivity index (χ4n) is 1.46. The smallest absolute Gasteiger partial charge is 0.308 e. The van der Waals surface area contributed by atoms with E-state index in [1.807, 2.05) is 36.4 Å². The highest BCUT2D eigenvalue weighted by Gasteiger charge is 2.01. The Morgan fingerprint density at radius 3 is 1.70 bits per heavy atom. The van der Waals surface area contributed by atoms with E-state index in [-0.39, 0.29) is 5.97 Å². The molecule has 0 aliphatic carbocycles. The normalized spacial score (nSPS) is 10.1. The number of esters is 1. The molecule has 0 amide bonds. The van der Waals surface area contributed by atoms with E-state index in [1.54, 1.807) is 40.8 Å². The Kier molecular flexibility index (Phi) is 5.38. The molecule has 2 aromatic carbocycles. The van der Waals surface area contributed by atoms with Crippen LogP contribution in [0.3, 0.4) is 0 Å². The largest absolute Gasteiger partial charge is 0.497 e. The highest BCUT2D eigenvalue weighted by Crippen LogP contribution is 2.38. The minimum atomic E-state index is -0.307. The molecule has 0 saturated carbocycles. The second kappa shape index (κ2) is 7.26. The van der Waals surface area contributed by atoms with E-state index in [2.05, 4.69) is 0 Å². The molecule has 0 aliphatic heterocycles. The lowest BCUT2D eigenvalue weighted by atomic mass is 10.3. The van der Waals surface area contributed by atoms with Crippen molar-refractivity contribution in [2.24, 2.45) is 0 Å². The van der Waals surface area contributed by atoms with E-state index in [1.165, 1.54) is 6.92 Å². The summed E-state index contributed by atoms with van der Waals surface area (Å²) in [5.74, 6) is 1.11. The Hall–Kier alpha value is -1.59. The van der Waals surface area contributed by atoms with Gasteiger partial charge in [0.1, 0.15) is 11.5 Å². The summed E-state index contributed by atoms with van der Waals surface area (Å²) in [6, 6.07) is 15.3. The predicted molar refractivity (Wildman–Crippen MR) is 82.5 cm³/mol. The van der Waals surface area contributed by atoms with Crippen LogP contribution in [0.4, 0.5) is 0 Å². The zero-order chi connectivity index (χ0) is 14.4. The van der Waals surface area contributed by atoms with Gasteiger partial charge in [0, 0.05) is 16.7 Å². The van der Waals surface area contributed by atoms with Gasteiger partial charge in [0.15, 0.2) is 0 Å². The van der Waals surface area contributed by atoms with Crippen molar-refractivity contribution < 1.29 is 14.3 Å². The summed E-state index contributed by atoms with van der Waals surface area (Å²) in [4.78, 5) is 13.1. The van der Waals surface area contributed by atoms with Crippen LogP contribution in [0.15, 0.2) is 58.3 Å². The van der Waals surface area contributed by atoms with Gasteiger partial charge < -0.3 is 9.47 Å². The predicted octanol–water partition coefficient (Wildman–Crippen LogP) is 4.42. The molecule has 104 valence electrons. The molecule has 0 aliphatic rings. The van der Waals surface area contributed by atoms with E-state index < -0.39 is 0 Å². The molecule has 2 aromatic rings. The summed E-state index contributed by atoms with van der Waals surface area (Å²) < 4.78 is 10.1. The van der Waals surface area contributed by atoms with Crippen LogP contribution >= 0.6 is 21.6 Å². The molecular weight excluding hydrogens is 292 g/mol. The monoisotopic (exact) mass is 306 g/mol. The average Bonchev–Trinajstić information content (AvgIpc) is 2.46. The maximum Gasteiger partial charge on any atom is 0.308 e. The van der Waals surface area contributed by atoms with Crippen LogP contribution in [0.1, 0.15) is 6.92 Å². The number of carbonyl (C=O) groups excluding carboxylic acids is 1. The van der Waals surface area contributed by atoms with Crippen molar-refractivity contribution >= 4 is 27.6 Å². The quantitative estimate of drug-likeness (QED) is 0.464. The fraction of sp³-hybridized carbons (Fsp3) is 0.133. The lowest BCUT2D eigenvalue weighted by Crippen LogP contribution is -2.00. The molecule has 0 unspecified atom stereocenters. The Labute approximate surface area is 126 Å². The summed E-state index contributed by atoms with van der Waals surface area (Å²) in [5.41, 5.74) is 0. The minimum Gasteiger partial charge on any atom is -0.497 e. The van der Waals surface area contributed by atoms with Crippen molar-refractivity contribution in [3.63, 3.8) is 0 Å². The lowest BCUT2D eigenvalue weighted by molar-refractivity contribution is -0.131. The van der Waals surface area contributed by atoms with Crippen molar-refractivity contribution in [3.05, 3.63) is 48.5 Å². The van der Waals surface area contributed by atoms with Crippen LogP contribution in [0, 0.1) is 0 Å². The van der Waals surface area contributed by atoms with Crippen LogP contribution in [0.5, 0.6) is 11.5 Å². The first-order chi connectivity index (χ1) is 9.67. The second-order valence-electron chi connectivity index (χ2n) is 3.91. The highest BCUT2D eigenvalue weighted by molar-refractivity contribution is 8.76. The number of rotatable bonds is 5. The number of hydrogen-bond acceptors (Lipinski definition) is 5. The van der Waals surface area contributed by atoms with E-state index in [9.17, 15) is 4.79 Å². The zero-order valence-corrected chi connectivity index (χ0v) is 12.8. The first kappa shape index (κ1) is 14.8. The van der Waals surface area contributed by atoms with E-state index in [0.717, 1.165) is 15.5 Å². The number of benzene rings is 2. The SMILES string of the molecule is COc1ccc(SSc2ccc(OC(C)=O)cc2)cc1. The third-order valence-electron chi connectivity index (χ3n) is 2.38. The fourth-order valence-corrected chi connectivity index (χ4v) is 3.39. The van der Waals surface area contributed by atoms with Crippen LogP contribution in [0.2, 0.25) is 0 Å². The molecule has 2 rings (SSSR count). The van der Waals surface area contributed by atoms with Gasteiger partial charge in [-0.1, -0.05) is 21.6 Å². The highest BCUT2D eigenvalue weighted by atomic mass is 33.1. The van der Waals surface area contributed by atoms with Gasteiger partial charge in [-0.15, -0.1) is 0 Å². The van der Waals surface area contributed by atoms with Gasteiger partial charge in [-0.2, -0.15) is 0 Å². The lowest BCUT2D eigenvalue weighted by Gasteiger charge is -2.04. The van der Waals surface area contributed by atoms with Crippen molar-refractivity contribution in [2.45, 2.75) is 16.7 Å². The van der Waals surface area contributed by atoms with Gasteiger partial charge in [-0.3, -0.25) is 4.79 Å². The number of methoxy groups -OCH3 is 1. The minimum absolute atomic E-state index is 0.307. The molecule has 0 heterocycles. The maximum absolute atomic E-state index is 10.8. The molecule has 0 fully saturated rings. The molecule has 0 saturated heterocycles. The Morgan fingerprint density at radius 1 is 0.850 bits per heavy atom. The Bertz CT molecular complexity index is 565. The Balaban J connectivity index is 1.91. The second-order valence-corrected chi connectivity index (χ2v) is 6.18. The average molecular weight is 306 g/mol. The van der Waals surface area contributed by atoms with E-state index in [4.69, 9.17) is 9.47 Å². The molecular formula is C15H14O3S2. The molecule has 0 radical (unpaired) electrons. The zero-order valence-electron chi connectivity index (χ0n) is 11.2. The molecule has 0 aromatic heterocycles. The number of hydrogen-bond donors (Lipinski definition) is 0. The maximum atomic E-state index is 10.8. The summed E-state index contributed by atoms with van der Waals surface area (Å²) >= 11 is 0. The molecule has 0 atom stereocenters. The standard InChI is InChI=1S/C15H14O3S2/c1-11(16)18-13-5-9-15(10-6-13)20-19-14-7-3-12(17-2)4-8-14/h3-10H,1-2H3. The first-order valence-corrected chi connectivity index (χ1v) is 8.09. The topological polar surface area (TPSA) is 35.5 Å². The summed E-state index contributed by atoms with van der Waals surface area (Å²) in [5, 5.41) is 0. The molecule has 20 heavy (non-hydrogen) atoms. The van der Waals surface area contributed by atoms with Gasteiger partial charge in [-0.25, -0.2) is 0 Å². The molecule has 5 heteroatoms. The van der Waals surface area contributed by atoms with Gasteiger partial charge in [0.2, 0.25) is 0 Å². The van der Waals surface area contributed by atoms with Gasteiger partial charge in [-0.05, 0) is 48.5 Å². The molecule has 0 spiro atoms. The van der Waals surface area contributed by atoms with Crippen LogP contribution in [0.25, 0.3) is 0 Å². The van der Waals surface area contributed by atoms with Crippen molar-refractivity contribution in [1.82, 2.24) is 0 Å². The Morgan fingerprint density at radius 2 is 1.30 bits per heavy atom. The van der Waals surface area contributed by atoms with Crippen molar-refractivity contribution in [3.8, 4) is 11.5 Å². The van der Waals surface area contributed by atoms with Crippen molar-refractivity contribution in [2.75, 3.05) is 7.11 Å². The first-order valence-electron chi connectivity index (χ1n) is 5.94. The third kappa shape index (κ3) is 4.51. The molecule has 0 bridgehead atoms. The molecule has 3 nitrogen and oxygen atoms in total. The van der Waals surface area contributed by atoms with Crippen LogP contribution in [-0.4, -0.2) is 13.1 Å². The summed E-state index contributed by atoms with van der Waals surface area (Å²) in [7, 11) is 4.97. The van der Waals surface area contributed by atoms with Gasteiger partial charge in [0.05, 0.1) is 7.11 Å². The van der Waals surface area contributed by atoms with Crippen molar-refractivity contribution in [1.29, 1.82) is 0 Å². The summed E-state index contributed by atoms with van der Waals surface area (Å²) in [6.07, 6.45) is 0. The molecule has 0 N–H and O–H groups in total. The van der Waals surface area contributed by atoms with Gasteiger partial charge in [0.25, 0.3) is 0 Å². The van der Waals surface area contributed by atoms with E-state index >= 15 is 0 Å². The number of ether oxygens (including phenoxy) is 2. The number of carbonyl (C=O) groups is 1.